The summed E-state index contributed by atoms with van der Waals surface area (Å²) in [5.74, 6) is -0.106. The fourth-order valence-corrected chi connectivity index (χ4v) is 4.27. The second-order valence-electron chi connectivity index (χ2n) is 7.38. The Morgan fingerprint density at radius 3 is 2.72 bits per heavy atom. The third-order valence-electron chi connectivity index (χ3n) is 5.68. The molecule has 0 saturated carbocycles. The van der Waals surface area contributed by atoms with Gasteiger partial charge in [0.1, 0.15) is 5.82 Å². The maximum absolute atomic E-state index is 14.1. The van der Waals surface area contributed by atoms with E-state index in [2.05, 4.69) is 4.90 Å². The second-order valence-corrected chi connectivity index (χ2v) is 7.79. The number of benzene rings is 1. The van der Waals surface area contributed by atoms with Gasteiger partial charge in [-0.05, 0) is 50.3 Å². The van der Waals surface area contributed by atoms with Crippen LogP contribution in [-0.4, -0.2) is 53.6 Å². The monoisotopic (exact) mass is 368 g/mol. The summed E-state index contributed by atoms with van der Waals surface area (Å²) in [5.41, 5.74) is 0.832. The fourth-order valence-electron chi connectivity index (χ4n) is 4.07. The highest BCUT2D eigenvalue weighted by molar-refractivity contribution is 6.30. The van der Waals surface area contributed by atoms with Crippen molar-refractivity contribution in [2.75, 3.05) is 32.8 Å². The number of hydrogen-bond acceptors (Lipinski definition) is 3. The molecule has 2 aliphatic heterocycles. The van der Waals surface area contributed by atoms with Crippen molar-refractivity contribution in [3.05, 3.63) is 34.6 Å². The first-order valence-electron chi connectivity index (χ1n) is 9.07. The Balaban J connectivity index is 1.57. The molecule has 25 heavy (non-hydrogen) atoms. The smallest absolute Gasteiger partial charge is 0.222 e. The zero-order chi connectivity index (χ0) is 17.9. The highest BCUT2D eigenvalue weighted by Crippen LogP contribution is 2.40. The number of halogens is 2. The number of aliphatic hydroxyl groups is 1. The lowest BCUT2D eigenvalue weighted by molar-refractivity contribution is -0.139. The number of carbonyl (C=O) groups is 1. The van der Waals surface area contributed by atoms with Crippen molar-refractivity contribution in [1.82, 2.24) is 9.80 Å². The topological polar surface area (TPSA) is 43.8 Å². The van der Waals surface area contributed by atoms with Gasteiger partial charge in [-0.3, -0.25) is 9.69 Å². The highest BCUT2D eigenvalue weighted by atomic mass is 35.5. The Hall–Kier alpha value is -1.17. The van der Waals surface area contributed by atoms with E-state index in [4.69, 9.17) is 16.7 Å². The number of likely N-dealkylation sites (tertiary alicyclic amines) is 2. The van der Waals surface area contributed by atoms with E-state index in [-0.39, 0.29) is 28.8 Å². The summed E-state index contributed by atoms with van der Waals surface area (Å²) < 4.78 is 14.1. The van der Waals surface area contributed by atoms with Crippen LogP contribution in [0.1, 0.15) is 37.7 Å². The zero-order valence-electron chi connectivity index (χ0n) is 14.5. The van der Waals surface area contributed by atoms with Gasteiger partial charge in [0.25, 0.3) is 0 Å². The van der Waals surface area contributed by atoms with Gasteiger partial charge >= 0.3 is 0 Å². The summed E-state index contributed by atoms with van der Waals surface area (Å²) in [6, 6.07) is 5.16. The number of nitrogens with zero attached hydrogens (tertiary/aromatic N) is 2. The Bertz CT molecular complexity index is 617. The Kier molecular flexibility index (Phi) is 5.97. The molecule has 0 bridgehead atoms. The molecule has 0 aromatic heterocycles. The van der Waals surface area contributed by atoms with Crippen LogP contribution in [0.3, 0.4) is 0 Å². The third kappa shape index (κ3) is 4.33. The van der Waals surface area contributed by atoms with Crippen molar-refractivity contribution in [2.45, 2.75) is 38.6 Å². The van der Waals surface area contributed by atoms with Crippen molar-refractivity contribution in [3.8, 4) is 0 Å². The van der Waals surface area contributed by atoms with E-state index in [0.717, 1.165) is 38.9 Å². The van der Waals surface area contributed by atoms with Crippen LogP contribution in [-0.2, 0) is 11.3 Å². The summed E-state index contributed by atoms with van der Waals surface area (Å²) in [6.07, 6.45) is 4.24. The van der Waals surface area contributed by atoms with Crippen LogP contribution in [0.5, 0.6) is 0 Å². The number of amides is 1. The molecule has 0 atom stereocenters. The molecule has 2 heterocycles. The summed E-state index contributed by atoms with van der Waals surface area (Å²) >= 11 is 5.87. The first-order chi connectivity index (χ1) is 12.0. The maximum atomic E-state index is 14.1. The molecule has 0 radical (unpaired) electrons. The number of carbonyl (C=O) groups excluding carboxylic acids is 1. The Morgan fingerprint density at radius 2 is 2.00 bits per heavy atom. The number of piperidine rings is 2. The summed E-state index contributed by atoms with van der Waals surface area (Å²) in [4.78, 5) is 16.3. The number of aliphatic hydroxyl groups excluding tert-OH is 1. The Labute approximate surface area is 153 Å². The molecule has 3 rings (SSSR count). The Morgan fingerprint density at radius 1 is 1.24 bits per heavy atom. The van der Waals surface area contributed by atoms with Crippen LogP contribution < -0.4 is 0 Å². The van der Waals surface area contributed by atoms with Crippen LogP contribution in [0.15, 0.2) is 18.2 Å². The number of rotatable bonds is 5. The van der Waals surface area contributed by atoms with E-state index in [1.165, 1.54) is 0 Å². The molecule has 1 N–H and O–H groups in total. The first-order valence-corrected chi connectivity index (χ1v) is 9.45. The molecular weight excluding hydrogens is 343 g/mol. The lowest BCUT2D eigenvalue weighted by atomic mass is 9.72. The van der Waals surface area contributed by atoms with Gasteiger partial charge in [-0.15, -0.1) is 0 Å². The zero-order valence-corrected chi connectivity index (χ0v) is 15.3. The molecule has 1 aromatic rings. The molecule has 6 heteroatoms. The minimum atomic E-state index is -0.317. The van der Waals surface area contributed by atoms with Crippen molar-refractivity contribution < 1.29 is 14.3 Å². The molecule has 1 spiro atoms. The maximum Gasteiger partial charge on any atom is 0.222 e. The van der Waals surface area contributed by atoms with E-state index in [1.54, 1.807) is 18.2 Å². The largest absolute Gasteiger partial charge is 0.396 e. The molecular formula is C19H26ClFN2O2. The molecule has 2 aliphatic rings. The minimum absolute atomic E-state index is 0.121. The van der Waals surface area contributed by atoms with Crippen molar-refractivity contribution in [2.24, 2.45) is 5.41 Å². The third-order valence-corrected chi connectivity index (χ3v) is 5.97. The summed E-state index contributed by atoms with van der Waals surface area (Å²) in [6.45, 7) is 3.97. The van der Waals surface area contributed by atoms with Gasteiger partial charge in [0, 0.05) is 38.2 Å². The average molecular weight is 369 g/mol. The summed E-state index contributed by atoms with van der Waals surface area (Å²) in [5, 5.41) is 9.19. The van der Waals surface area contributed by atoms with Crippen molar-refractivity contribution in [3.63, 3.8) is 0 Å². The van der Waals surface area contributed by atoms with Gasteiger partial charge in [-0.1, -0.05) is 23.7 Å². The van der Waals surface area contributed by atoms with E-state index < -0.39 is 0 Å². The van der Waals surface area contributed by atoms with Gasteiger partial charge in [0.15, 0.2) is 0 Å². The number of hydrogen-bond donors (Lipinski definition) is 1. The van der Waals surface area contributed by atoms with E-state index in [1.807, 2.05) is 4.90 Å². The van der Waals surface area contributed by atoms with Crippen LogP contribution in [0.2, 0.25) is 5.02 Å². The molecule has 1 aromatic carbocycles. The fraction of sp³-hybridized carbons (Fsp3) is 0.632. The normalized spacial score (nSPS) is 21.1. The van der Waals surface area contributed by atoms with Crippen molar-refractivity contribution >= 4 is 17.5 Å². The van der Waals surface area contributed by atoms with Crippen molar-refractivity contribution in [1.29, 1.82) is 0 Å². The van der Waals surface area contributed by atoms with Gasteiger partial charge in [-0.2, -0.15) is 0 Å². The second kappa shape index (κ2) is 8.02. The molecule has 2 fully saturated rings. The van der Waals surface area contributed by atoms with Crippen LogP contribution in [0.4, 0.5) is 4.39 Å². The predicted molar refractivity (Wildman–Crippen MR) is 95.9 cm³/mol. The van der Waals surface area contributed by atoms with Gasteiger partial charge in [0.2, 0.25) is 5.91 Å². The molecule has 0 aliphatic carbocycles. The SMILES string of the molecule is O=C1CCC2(CCN(Cc3cccc(Cl)c3F)CC2)CN1CCCO. The molecule has 0 unspecified atom stereocenters. The summed E-state index contributed by atoms with van der Waals surface area (Å²) in [7, 11) is 0. The molecule has 138 valence electrons. The van der Waals surface area contributed by atoms with E-state index >= 15 is 0 Å². The molecule has 4 nitrogen and oxygen atoms in total. The van der Waals surface area contributed by atoms with Crippen LogP contribution >= 0.6 is 11.6 Å². The van der Waals surface area contributed by atoms with Crippen LogP contribution in [0.25, 0.3) is 0 Å². The first kappa shape index (κ1) is 18.6. The van der Waals surface area contributed by atoms with Gasteiger partial charge < -0.3 is 10.0 Å². The van der Waals surface area contributed by atoms with Gasteiger partial charge in [0.05, 0.1) is 5.02 Å². The van der Waals surface area contributed by atoms with E-state index in [9.17, 15) is 9.18 Å². The van der Waals surface area contributed by atoms with E-state index in [0.29, 0.717) is 31.5 Å². The lowest BCUT2D eigenvalue weighted by Crippen LogP contribution is -2.51. The standard InChI is InChI=1S/C19H26ClFN2O2/c20-16-4-1-3-15(18(16)21)13-22-10-7-19(8-11-22)6-5-17(25)23(14-19)9-2-12-24/h1,3-4,24H,2,5-14H2. The lowest BCUT2D eigenvalue weighted by Gasteiger charge is -2.47. The molecule has 1 amide bonds. The van der Waals surface area contributed by atoms with Crippen LogP contribution in [0, 0.1) is 11.2 Å². The van der Waals surface area contributed by atoms with Gasteiger partial charge in [-0.25, -0.2) is 4.39 Å². The minimum Gasteiger partial charge on any atom is -0.396 e. The molecule has 2 saturated heterocycles. The highest BCUT2D eigenvalue weighted by Gasteiger charge is 2.40. The quantitative estimate of drug-likeness (QED) is 0.868. The average Bonchev–Trinajstić information content (AvgIpc) is 2.62. The predicted octanol–water partition coefficient (Wildman–Crippen LogP) is 3.07.